The van der Waals surface area contributed by atoms with E-state index in [1.807, 2.05) is 0 Å². The zero-order valence-corrected chi connectivity index (χ0v) is 12.3. The summed E-state index contributed by atoms with van der Waals surface area (Å²) in [6.45, 7) is 0.614. The average Bonchev–Trinajstić information content (AvgIpc) is 2.29. The maximum absolute atomic E-state index is 11.5. The minimum Gasteiger partial charge on any atom is -0.478 e. The lowest BCUT2D eigenvalue weighted by molar-refractivity contribution is 0.0698. The van der Waals surface area contributed by atoms with Crippen molar-refractivity contribution < 1.29 is 14.7 Å². The van der Waals surface area contributed by atoms with E-state index in [0.29, 0.717) is 22.0 Å². The van der Waals surface area contributed by atoms with E-state index in [0.717, 1.165) is 0 Å². The van der Waals surface area contributed by atoms with Crippen LogP contribution in [-0.2, 0) is 0 Å². The molecule has 8 heteroatoms. The SMILES string of the molecule is NCCNC(=O)Nc1c(Br)cc(Br)cc1C(=O)O. The lowest BCUT2D eigenvalue weighted by Gasteiger charge is -2.12. The average molecular weight is 381 g/mol. The summed E-state index contributed by atoms with van der Waals surface area (Å²) in [5, 5.41) is 14.0. The monoisotopic (exact) mass is 379 g/mol. The predicted molar refractivity (Wildman–Crippen MR) is 74.9 cm³/mol. The van der Waals surface area contributed by atoms with Crippen molar-refractivity contribution in [2.24, 2.45) is 5.73 Å². The number of halogens is 2. The van der Waals surface area contributed by atoms with Gasteiger partial charge >= 0.3 is 12.0 Å². The third-order valence-corrected chi connectivity index (χ3v) is 3.04. The van der Waals surface area contributed by atoms with E-state index < -0.39 is 12.0 Å². The van der Waals surface area contributed by atoms with Crippen molar-refractivity contribution in [3.05, 3.63) is 26.6 Å². The molecule has 0 fully saturated rings. The standard InChI is InChI=1S/C10H11Br2N3O3/c11-5-3-6(9(16)17)8(7(12)4-5)15-10(18)14-2-1-13/h3-4H,1-2,13H2,(H,16,17)(H2,14,15,18). The Bertz CT molecular complexity index is 480. The number of amides is 2. The number of hydrogen-bond acceptors (Lipinski definition) is 3. The maximum atomic E-state index is 11.5. The molecule has 0 atom stereocenters. The van der Waals surface area contributed by atoms with Crippen LogP contribution in [-0.4, -0.2) is 30.2 Å². The Morgan fingerprint density at radius 1 is 1.33 bits per heavy atom. The lowest BCUT2D eigenvalue weighted by atomic mass is 10.2. The van der Waals surface area contributed by atoms with Crippen LogP contribution in [0.4, 0.5) is 10.5 Å². The lowest BCUT2D eigenvalue weighted by Crippen LogP contribution is -2.33. The number of urea groups is 1. The molecule has 0 heterocycles. The zero-order chi connectivity index (χ0) is 13.7. The second-order valence-electron chi connectivity index (χ2n) is 3.28. The van der Waals surface area contributed by atoms with Crippen molar-refractivity contribution in [3.63, 3.8) is 0 Å². The number of benzene rings is 1. The molecule has 0 unspecified atom stereocenters. The first-order valence-corrected chi connectivity index (χ1v) is 6.51. The minimum absolute atomic E-state index is 0.0147. The summed E-state index contributed by atoms with van der Waals surface area (Å²) in [5.41, 5.74) is 5.43. The van der Waals surface area contributed by atoms with Crippen LogP contribution < -0.4 is 16.4 Å². The van der Waals surface area contributed by atoms with Gasteiger partial charge in [0, 0.05) is 22.0 Å². The van der Waals surface area contributed by atoms with E-state index in [1.165, 1.54) is 6.07 Å². The van der Waals surface area contributed by atoms with Crippen LogP contribution in [0, 0.1) is 0 Å². The molecule has 1 aromatic rings. The number of rotatable bonds is 4. The molecule has 1 aromatic carbocycles. The quantitative estimate of drug-likeness (QED) is 0.641. The number of nitrogens with two attached hydrogens (primary N) is 1. The first-order chi connectivity index (χ1) is 8.45. The maximum Gasteiger partial charge on any atom is 0.337 e. The van der Waals surface area contributed by atoms with Crippen molar-refractivity contribution >= 4 is 49.5 Å². The molecule has 0 aliphatic heterocycles. The van der Waals surface area contributed by atoms with E-state index in [4.69, 9.17) is 10.8 Å². The first kappa shape index (κ1) is 14.9. The Balaban J connectivity index is 3.00. The highest BCUT2D eigenvalue weighted by Crippen LogP contribution is 2.30. The van der Waals surface area contributed by atoms with Crippen LogP contribution in [0.25, 0.3) is 0 Å². The van der Waals surface area contributed by atoms with Gasteiger partial charge in [-0.1, -0.05) is 15.9 Å². The van der Waals surface area contributed by atoms with Crippen molar-refractivity contribution in [1.82, 2.24) is 5.32 Å². The fourth-order valence-electron chi connectivity index (χ4n) is 1.21. The molecule has 5 N–H and O–H groups in total. The van der Waals surface area contributed by atoms with Crippen molar-refractivity contribution in [1.29, 1.82) is 0 Å². The van der Waals surface area contributed by atoms with Crippen LogP contribution in [0.3, 0.4) is 0 Å². The number of carbonyl (C=O) groups excluding carboxylic acids is 1. The molecule has 0 saturated heterocycles. The zero-order valence-electron chi connectivity index (χ0n) is 9.17. The van der Waals surface area contributed by atoms with E-state index in [-0.39, 0.29) is 11.3 Å². The van der Waals surface area contributed by atoms with Gasteiger partial charge in [0.25, 0.3) is 0 Å². The normalized spacial score (nSPS) is 9.94. The van der Waals surface area contributed by atoms with Crippen LogP contribution in [0.2, 0.25) is 0 Å². The molecule has 0 aliphatic rings. The van der Waals surface area contributed by atoms with Gasteiger partial charge < -0.3 is 21.5 Å². The van der Waals surface area contributed by atoms with Crippen LogP contribution in [0.15, 0.2) is 21.1 Å². The predicted octanol–water partition coefficient (Wildman–Crippen LogP) is 1.99. The fourth-order valence-corrected chi connectivity index (χ4v) is 2.54. The summed E-state index contributed by atoms with van der Waals surface area (Å²) in [4.78, 5) is 22.6. The second kappa shape index (κ2) is 6.72. The van der Waals surface area contributed by atoms with Gasteiger partial charge in [-0.25, -0.2) is 9.59 Å². The Labute approximate surface area is 120 Å². The highest BCUT2D eigenvalue weighted by atomic mass is 79.9. The van der Waals surface area contributed by atoms with Crippen LogP contribution in [0.1, 0.15) is 10.4 Å². The molecule has 0 saturated carbocycles. The van der Waals surface area contributed by atoms with Gasteiger partial charge in [0.2, 0.25) is 0 Å². The molecule has 1 rings (SSSR count). The summed E-state index contributed by atoms with van der Waals surface area (Å²) in [7, 11) is 0. The summed E-state index contributed by atoms with van der Waals surface area (Å²) >= 11 is 6.39. The van der Waals surface area contributed by atoms with E-state index in [2.05, 4.69) is 42.5 Å². The molecule has 98 valence electrons. The Kier molecular flexibility index (Phi) is 5.57. The summed E-state index contributed by atoms with van der Waals surface area (Å²) in [5.74, 6) is -1.13. The number of carbonyl (C=O) groups is 2. The van der Waals surface area contributed by atoms with E-state index >= 15 is 0 Å². The molecule has 0 aromatic heterocycles. The number of hydrogen-bond donors (Lipinski definition) is 4. The molecule has 0 radical (unpaired) electrons. The third kappa shape index (κ3) is 3.97. The van der Waals surface area contributed by atoms with Gasteiger partial charge in [-0.15, -0.1) is 0 Å². The first-order valence-electron chi connectivity index (χ1n) is 4.93. The van der Waals surface area contributed by atoms with Crippen molar-refractivity contribution in [2.45, 2.75) is 0 Å². The van der Waals surface area contributed by atoms with Crippen LogP contribution in [0.5, 0.6) is 0 Å². The second-order valence-corrected chi connectivity index (χ2v) is 5.05. The Hall–Kier alpha value is -1.12. The van der Waals surface area contributed by atoms with Gasteiger partial charge in [-0.2, -0.15) is 0 Å². The molecule has 0 spiro atoms. The fraction of sp³-hybridized carbons (Fsp3) is 0.200. The van der Waals surface area contributed by atoms with Gasteiger partial charge in [-0.3, -0.25) is 0 Å². The third-order valence-electron chi connectivity index (χ3n) is 1.95. The van der Waals surface area contributed by atoms with Gasteiger partial charge in [0.05, 0.1) is 11.3 Å². The number of aromatic carboxylic acids is 1. The summed E-state index contributed by atoms with van der Waals surface area (Å²) < 4.78 is 1.07. The molecule has 0 aliphatic carbocycles. The molecule has 0 bridgehead atoms. The van der Waals surface area contributed by atoms with Gasteiger partial charge in [0.15, 0.2) is 0 Å². The molecule has 18 heavy (non-hydrogen) atoms. The molecular weight excluding hydrogens is 370 g/mol. The number of anilines is 1. The van der Waals surface area contributed by atoms with E-state index in [9.17, 15) is 9.59 Å². The topological polar surface area (TPSA) is 104 Å². The Morgan fingerprint density at radius 3 is 2.56 bits per heavy atom. The highest BCUT2D eigenvalue weighted by molar-refractivity contribution is 9.11. The van der Waals surface area contributed by atoms with Crippen molar-refractivity contribution in [2.75, 3.05) is 18.4 Å². The number of carboxylic acid groups (broad SMARTS) is 1. The summed E-state index contributed by atoms with van der Waals surface area (Å²) in [6, 6.07) is 2.54. The van der Waals surface area contributed by atoms with Crippen LogP contribution >= 0.6 is 31.9 Å². The minimum atomic E-state index is -1.13. The highest BCUT2D eigenvalue weighted by Gasteiger charge is 2.16. The number of nitrogens with one attached hydrogen (secondary N) is 2. The van der Waals surface area contributed by atoms with Gasteiger partial charge in [0.1, 0.15) is 0 Å². The van der Waals surface area contributed by atoms with E-state index in [1.54, 1.807) is 6.07 Å². The number of carboxylic acids is 1. The molecule has 6 nitrogen and oxygen atoms in total. The molecule has 2 amide bonds. The van der Waals surface area contributed by atoms with Gasteiger partial charge in [-0.05, 0) is 28.1 Å². The smallest absolute Gasteiger partial charge is 0.337 e. The largest absolute Gasteiger partial charge is 0.478 e. The van der Waals surface area contributed by atoms with Crippen molar-refractivity contribution in [3.8, 4) is 0 Å². The summed E-state index contributed by atoms with van der Waals surface area (Å²) in [6.07, 6.45) is 0. The Morgan fingerprint density at radius 2 is 2.00 bits per heavy atom. The molecular formula is C10H11Br2N3O3.